The summed E-state index contributed by atoms with van der Waals surface area (Å²) in [5, 5.41) is 11.4. The minimum atomic E-state index is 0.410. The number of anilines is 1. The Bertz CT molecular complexity index is 919. The van der Waals surface area contributed by atoms with Gasteiger partial charge in [-0.15, -0.1) is 0 Å². The van der Waals surface area contributed by atoms with Gasteiger partial charge in [-0.25, -0.2) is 9.97 Å². The van der Waals surface area contributed by atoms with Crippen LogP contribution in [-0.4, -0.2) is 46.0 Å². The van der Waals surface area contributed by atoms with Crippen LogP contribution in [0.15, 0.2) is 48.8 Å². The first-order valence-electron chi connectivity index (χ1n) is 8.36. The normalized spacial score (nSPS) is 15.2. The summed E-state index contributed by atoms with van der Waals surface area (Å²) in [6.45, 7) is 4.38. The van der Waals surface area contributed by atoms with Gasteiger partial charge >= 0.3 is 0 Å². The fraction of sp³-hybridized carbons (Fsp3) is 0.263. The average molecular weight is 330 g/mol. The van der Waals surface area contributed by atoms with Crippen LogP contribution in [0.4, 0.5) is 5.95 Å². The van der Waals surface area contributed by atoms with Gasteiger partial charge in [-0.1, -0.05) is 24.3 Å². The maximum Gasteiger partial charge on any atom is 0.226 e. The molecule has 0 N–H and O–H groups in total. The Hall–Kier alpha value is -3.04. The molecule has 1 fully saturated rings. The molecule has 0 radical (unpaired) electrons. The summed E-state index contributed by atoms with van der Waals surface area (Å²) in [6, 6.07) is 14.1. The molecule has 1 saturated heterocycles. The van der Waals surface area contributed by atoms with Gasteiger partial charge in [0, 0.05) is 50.5 Å². The molecule has 0 spiro atoms. The number of hydrogen-bond acceptors (Lipinski definition) is 6. The van der Waals surface area contributed by atoms with Gasteiger partial charge in [0.15, 0.2) is 0 Å². The first-order chi connectivity index (χ1) is 12.3. The molecule has 1 aliphatic rings. The molecule has 3 heterocycles. The third-order valence-electron chi connectivity index (χ3n) is 4.54. The molecule has 6 heteroatoms. The summed E-state index contributed by atoms with van der Waals surface area (Å²) in [4.78, 5) is 17.7. The first-order valence-corrected chi connectivity index (χ1v) is 8.36. The number of piperazine rings is 1. The van der Waals surface area contributed by atoms with Gasteiger partial charge in [-0.2, -0.15) is 5.26 Å². The SMILES string of the molecule is N#Cc1ccnc(N2CCN(Cc3nccc4ccccc34)CC2)n1. The topological polar surface area (TPSA) is 68.9 Å². The van der Waals surface area contributed by atoms with Crippen LogP contribution in [0.25, 0.3) is 10.8 Å². The minimum absolute atomic E-state index is 0.410. The van der Waals surface area contributed by atoms with E-state index in [1.807, 2.05) is 6.20 Å². The number of nitriles is 1. The smallest absolute Gasteiger partial charge is 0.226 e. The van der Waals surface area contributed by atoms with Crippen LogP contribution < -0.4 is 4.90 Å². The number of hydrogen-bond donors (Lipinski definition) is 0. The lowest BCUT2D eigenvalue weighted by molar-refractivity contribution is 0.247. The third-order valence-corrected chi connectivity index (χ3v) is 4.54. The van der Waals surface area contributed by atoms with E-state index in [4.69, 9.17) is 5.26 Å². The average Bonchev–Trinajstić information content (AvgIpc) is 2.69. The largest absolute Gasteiger partial charge is 0.338 e. The summed E-state index contributed by atoms with van der Waals surface area (Å²) >= 11 is 0. The predicted octanol–water partition coefficient (Wildman–Crippen LogP) is 2.22. The van der Waals surface area contributed by atoms with Crippen molar-refractivity contribution in [3.8, 4) is 6.07 Å². The lowest BCUT2D eigenvalue weighted by atomic mass is 10.1. The Morgan fingerprint density at radius 2 is 1.76 bits per heavy atom. The van der Waals surface area contributed by atoms with Crippen molar-refractivity contribution < 1.29 is 0 Å². The second-order valence-electron chi connectivity index (χ2n) is 6.10. The Morgan fingerprint density at radius 1 is 0.960 bits per heavy atom. The number of benzene rings is 1. The summed E-state index contributed by atoms with van der Waals surface area (Å²) in [6.07, 6.45) is 3.53. The molecule has 124 valence electrons. The second kappa shape index (κ2) is 6.83. The Kier molecular flexibility index (Phi) is 4.23. The molecule has 0 atom stereocenters. The van der Waals surface area contributed by atoms with Crippen LogP contribution in [0.2, 0.25) is 0 Å². The van der Waals surface area contributed by atoms with Crippen LogP contribution in [0.5, 0.6) is 0 Å². The quantitative estimate of drug-likeness (QED) is 0.733. The molecular formula is C19H18N6. The maximum absolute atomic E-state index is 8.98. The van der Waals surface area contributed by atoms with Crippen LogP contribution in [-0.2, 0) is 6.54 Å². The zero-order valence-corrected chi connectivity index (χ0v) is 13.8. The monoisotopic (exact) mass is 330 g/mol. The fourth-order valence-corrected chi connectivity index (χ4v) is 3.19. The Labute approximate surface area is 146 Å². The zero-order valence-electron chi connectivity index (χ0n) is 13.8. The molecule has 0 unspecified atom stereocenters. The van der Waals surface area contributed by atoms with Crippen molar-refractivity contribution in [3.05, 3.63) is 60.2 Å². The maximum atomic E-state index is 8.98. The highest BCUT2D eigenvalue weighted by atomic mass is 15.3. The van der Waals surface area contributed by atoms with E-state index < -0.39 is 0 Å². The number of aromatic nitrogens is 3. The van der Waals surface area contributed by atoms with E-state index in [2.05, 4.69) is 61.2 Å². The number of pyridine rings is 1. The van der Waals surface area contributed by atoms with E-state index in [9.17, 15) is 0 Å². The van der Waals surface area contributed by atoms with Gasteiger partial charge < -0.3 is 4.90 Å². The van der Waals surface area contributed by atoms with E-state index in [0.717, 1.165) is 38.4 Å². The molecule has 6 nitrogen and oxygen atoms in total. The second-order valence-corrected chi connectivity index (χ2v) is 6.10. The number of fused-ring (bicyclic) bond motifs is 1. The zero-order chi connectivity index (χ0) is 17.1. The van der Waals surface area contributed by atoms with Crippen LogP contribution >= 0.6 is 0 Å². The molecule has 0 saturated carbocycles. The molecule has 25 heavy (non-hydrogen) atoms. The Morgan fingerprint density at radius 3 is 2.60 bits per heavy atom. The van der Waals surface area contributed by atoms with Crippen molar-refractivity contribution in [1.29, 1.82) is 5.26 Å². The lowest BCUT2D eigenvalue weighted by Gasteiger charge is -2.34. The Balaban J connectivity index is 1.44. The van der Waals surface area contributed by atoms with Gasteiger partial charge in [-0.3, -0.25) is 9.88 Å². The molecule has 2 aromatic heterocycles. The highest BCUT2D eigenvalue weighted by Gasteiger charge is 2.20. The molecule has 1 aliphatic heterocycles. The number of rotatable bonds is 3. The summed E-state index contributed by atoms with van der Waals surface area (Å²) in [5.41, 5.74) is 1.53. The van der Waals surface area contributed by atoms with E-state index in [1.165, 1.54) is 10.8 Å². The third kappa shape index (κ3) is 3.28. The van der Waals surface area contributed by atoms with E-state index in [1.54, 1.807) is 12.3 Å². The predicted molar refractivity (Wildman–Crippen MR) is 96.0 cm³/mol. The molecule has 4 rings (SSSR count). The highest BCUT2D eigenvalue weighted by molar-refractivity contribution is 5.84. The van der Waals surface area contributed by atoms with Gasteiger partial charge in [0.1, 0.15) is 11.8 Å². The van der Waals surface area contributed by atoms with Crippen molar-refractivity contribution in [1.82, 2.24) is 19.9 Å². The van der Waals surface area contributed by atoms with Crippen LogP contribution in [0.1, 0.15) is 11.4 Å². The molecule has 0 bridgehead atoms. The van der Waals surface area contributed by atoms with Crippen LogP contribution in [0.3, 0.4) is 0 Å². The fourth-order valence-electron chi connectivity index (χ4n) is 3.19. The molecule has 0 aliphatic carbocycles. The molecule has 3 aromatic rings. The van der Waals surface area contributed by atoms with Crippen LogP contribution in [0, 0.1) is 11.3 Å². The first kappa shape index (κ1) is 15.5. The summed E-state index contributed by atoms with van der Waals surface area (Å²) in [5.74, 6) is 0.641. The van der Waals surface area contributed by atoms with Gasteiger partial charge in [0.25, 0.3) is 0 Å². The van der Waals surface area contributed by atoms with E-state index in [0.29, 0.717) is 11.6 Å². The van der Waals surface area contributed by atoms with Gasteiger partial charge in [0.2, 0.25) is 5.95 Å². The standard InChI is InChI=1S/C19H18N6/c20-13-16-6-8-22-19(23-16)25-11-9-24(10-12-25)14-18-17-4-2-1-3-15(17)5-7-21-18/h1-8H,9-12,14H2. The van der Waals surface area contributed by atoms with E-state index >= 15 is 0 Å². The van der Waals surface area contributed by atoms with Crippen molar-refractivity contribution in [2.24, 2.45) is 0 Å². The van der Waals surface area contributed by atoms with Gasteiger partial charge in [-0.05, 0) is 17.5 Å². The van der Waals surface area contributed by atoms with Crippen molar-refractivity contribution in [2.45, 2.75) is 6.54 Å². The van der Waals surface area contributed by atoms with Crippen molar-refractivity contribution in [2.75, 3.05) is 31.1 Å². The molecule has 1 aromatic carbocycles. The van der Waals surface area contributed by atoms with E-state index in [-0.39, 0.29) is 0 Å². The van der Waals surface area contributed by atoms with Gasteiger partial charge in [0.05, 0.1) is 5.69 Å². The summed E-state index contributed by atoms with van der Waals surface area (Å²) < 4.78 is 0. The number of nitrogens with zero attached hydrogens (tertiary/aromatic N) is 6. The molecule has 0 amide bonds. The molecular weight excluding hydrogens is 312 g/mol. The van der Waals surface area contributed by atoms with Crippen molar-refractivity contribution >= 4 is 16.7 Å². The summed E-state index contributed by atoms with van der Waals surface area (Å²) in [7, 11) is 0. The lowest BCUT2D eigenvalue weighted by Crippen LogP contribution is -2.46. The van der Waals surface area contributed by atoms with Crippen molar-refractivity contribution in [3.63, 3.8) is 0 Å². The minimum Gasteiger partial charge on any atom is -0.338 e. The highest BCUT2D eigenvalue weighted by Crippen LogP contribution is 2.19.